The average molecular weight is 436 g/mol. The summed E-state index contributed by atoms with van der Waals surface area (Å²) >= 11 is 11.2. The lowest BCUT2D eigenvalue weighted by molar-refractivity contribution is 0.0977. The van der Waals surface area contributed by atoms with Crippen molar-refractivity contribution in [2.75, 3.05) is 5.32 Å². The van der Waals surface area contributed by atoms with Crippen LogP contribution in [0.25, 0.3) is 22.6 Å². The van der Waals surface area contributed by atoms with Crippen molar-refractivity contribution in [1.29, 1.82) is 0 Å². The van der Waals surface area contributed by atoms with Gasteiger partial charge in [0.05, 0.1) is 0 Å². The zero-order valence-electron chi connectivity index (χ0n) is 16.3. The predicted molar refractivity (Wildman–Crippen MR) is 124 cm³/mol. The van der Waals surface area contributed by atoms with Gasteiger partial charge in [-0.3, -0.25) is 10.1 Å². The Balaban J connectivity index is 1.48. The Bertz CT molecular complexity index is 1270. The van der Waals surface area contributed by atoms with Crippen LogP contribution < -0.4 is 10.6 Å². The van der Waals surface area contributed by atoms with E-state index < -0.39 is 0 Å². The van der Waals surface area contributed by atoms with Crippen LogP contribution in [0.3, 0.4) is 0 Å². The van der Waals surface area contributed by atoms with Crippen molar-refractivity contribution in [2.24, 2.45) is 0 Å². The molecule has 0 fully saturated rings. The molecule has 2 N–H and O–H groups in total. The lowest BCUT2D eigenvalue weighted by Crippen LogP contribution is -2.34. The fraction of sp³-hybridized carbons (Fsp3) is 0.0870. The molecule has 7 heteroatoms. The van der Waals surface area contributed by atoms with Gasteiger partial charge in [-0.1, -0.05) is 29.3 Å². The van der Waals surface area contributed by atoms with Crippen LogP contribution in [0.2, 0.25) is 5.02 Å². The molecule has 0 unspecified atom stereocenters. The smallest absolute Gasteiger partial charge is 0.257 e. The number of hydrogen-bond donors (Lipinski definition) is 2. The first-order chi connectivity index (χ1) is 14.4. The number of carbonyl (C=O) groups is 1. The van der Waals surface area contributed by atoms with Crippen molar-refractivity contribution in [1.82, 2.24) is 10.3 Å². The summed E-state index contributed by atoms with van der Waals surface area (Å²) in [6, 6.07) is 18.4. The highest BCUT2D eigenvalue weighted by Crippen LogP contribution is 2.27. The van der Waals surface area contributed by atoms with Crippen molar-refractivity contribution in [3.8, 4) is 11.5 Å². The number of benzene rings is 3. The van der Waals surface area contributed by atoms with Gasteiger partial charge in [-0.2, -0.15) is 0 Å². The molecule has 0 spiro atoms. The number of nitrogens with zero attached hydrogens (tertiary/aromatic N) is 1. The van der Waals surface area contributed by atoms with Crippen molar-refractivity contribution >= 4 is 51.6 Å². The van der Waals surface area contributed by atoms with Crippen molar-refractivity contribution in [3.05, 3.63) is 82.4 Å². The lowest BCUT2D eigenvalue weighted by atomic mass is 10.1. The number of amides is 1. The first-order valence-electron chi connectivity index (χ1n) is 9.25. The zero-order valence-corrected chi connectivity index (χ0v) is 17.9. The first-order valence-corrected chi connectivity index (χ1v) is 10.0. The van der Waals surface area contributed by atoms with Crippen LogP contribution >= 0.6 is 23.8 Å². The largest absolute Gasteiger partial charge is 0.436 e. The molecule has 4 aromatic rings. The Kier molecular flexibility index (Phi) is 5.53. The Morgan fingerprint density at radius 1 is 1.03 bits per heavy atom. The summed E-state index contributed by atoms with van der Waals surface area (Å²) in [6.07, 6.45) is 0. The second-order valence-corrected chi connectivity index (χ2v) is 7.78. The molecule has 0 aliphatic rings. The van der Waals surface area contributed by atoms with Crippen LogP contribution in [0.1, 0.15) is 21.5 Å². The molecule has 1 aromatic heterocycles. The number of fused-ring (bicyclic) bond motifs is 1. The molecule has 0 atom stereocenters. The van der Waals surface area contributed by atoms with Gasteiger partial charge in [-0.05, 0) is 80.2 Å². The molecule has 3 aromatic carbocycles. The molecule has 1 heterocycles. The third kappa shape index (κ3) is 4.35. The quantitative estimate of drug-likeness (QED) is 0.392. The maximum absolute atomic E-state index is 12.5. The monoisotopic (exact) mass is 435 g/mol. The number of hydrogen-bond acceptors (Lipinski definition) is 4. The number of rotatable bonds is 3. The van der Waals surface area contributed by atoms with E-state index in [1.54, 1.807) is 24.3 Å². The Hall–Kier alpha value is -3.22. The van der Waals surface area contributed by atoms with E-state index in [0.717, 1.165) is 16.7 Å². The summed E-state index contributed by atoms with van der Waals surface area (Å²) in [4.78, 5) is 17.0. The Labute approximate surface area is 184 Å². The maximum Gasteiger partial charge on any atom is 0.257 e. The second-order valence-electron chi connectivity index (χ2n) is 6.94. The fourth-order valence-corrected chi connectivity index (χ4v) is 3.46. The molecular weight excluding hydrogens is 418 g/mol. The number of halogens is 1. The summed E-state index contributed by atoms with van der Waals surface area (Å²) in [6.45, 7) is 3.88. The number of nitrogens with one attached hydrogen (secondary N) is 2. The predicted octanol–water partition coefficient (Wildman–Crippen LogP) is 5.89. The summed E-state index contributed by atoms with van der Waals surface area (Å²) in [5, 5.41) is 6.60. The van der Waals surface area contributed by atoms with Crippen molar-refractivity contribution in [2.45, 2.75) is 13.8 Å². The molecule has 150 valence electrons. The Morgan fingerprint density at radius 2 is 1.80 bits per heavy atom. The average Bonchev–Trinajstić information content (AvgIpc) is 3.11. The van der Waals surface area contributed by atoms with Gasteiger partial charge in [0, 0.05) is 21.8 Å². The van der Waals surface area contributed by atoms with Crippen molar-refractivity contribution < 1.29 is 9.21 Å². The SMILES string of the molecule is Cc1ccc(C(=O)NC(=S)Nc2ccc3oc(-c4ccc(Cl)cc4)nc3c2)c(C)c1. The van der Waals surface area contributed by atoms with E-state index in [0.29, 0.717) is 33.3 Å². The molecule has 0 radical (unpaired) electrons. The molecule has 0 aliphatic heterocycles. The van der Waals surface area contributed by atoms with E-state index >= 15 is 0 Å². The Morgan fingerprint density at radius 3 is 2.53 bits per heavy atom. The minimum absolute atomic E-state index is 0.209. The van der Waals surface area contributed by atoms with E-state index in [2.05, 4.69) is 15.6 Å². The summed E-state index contributed by atoms with van der Waals surface area (Å²) < 4.78 is 5.81. The number of aryl methyl sites for hydroxylation is 2. The van der Waals surface area contributed by atoms with Gasteiger partial charge in [-0.15, -0.1) is 0 Å². The summed E-state index contributed by atoms with van der Waals surface area (Å²) in [5.41, 5.74) is 5.44. The lowest BCUT2D eigenvalue weighted by Gasteiger charge is -2.11. The van der Waals surface area contributed by atoms with Crippen LogP contribution in [-0.2, 0) is 0 Å². The molecule has 1 amide bonds. The molecule has 0 aliphatic carbocycles. The van der Waals surface area contributed by atoms with Gasteiger partial charge in [0.15, 0.2) is 10.7 Å². The minimum atomic E-state index is -0.252. The van der Waals surface area contributed by atoms with Crippen LogP contribution in [0.15, 0.2) is 65.1 Å². The summed E-state index contributed by atoms with van der Waals surface area (Å²) in [5.74, 6) is 0.252. The molecule has 5 nitrogen and oxygen atoms in total. The standard InChI is InChI=1S/C23H18ClN3O2S/c1-13-3-9-18(14(2)11-13)21(28)27-23(30)25-17-8-10-20-19(12-17)26-22(29-20)15-4-6-16(24)7-5-15/h3-12H,1-2H3,(H2,25,27,28,30). The van der Waals surface area contributed by atoms with E-state index in [-0.39, 0.29) is 11.0 Å². The van der Waals surface area contributed by atoms with E-state index in [1.165, 1.54) is 0 Å². The van der Waals surface area contributed by atoms with Gasteiger partial charge in [-0.25, -0.2) is 4.98 Å². The minimum Gasteiger partial charge on any atom is -0.436 e. The normalized spacial score (nSPS) is 10.8. The number of thiocarbonyl (C=S) groups is 1. The van der Waals surface area contributed by atoms with E-state index in [9.17, 15) is 4.79 Å². The van der Waals surface area contributed by atoms with Gasteiger partial charge in [0.2, 0.25) is 5.89 Å². The molecule has 0 saturated heterocycles. The molecule has 4 rings (SSSR count). The van der Waals surface area contributed by atoms with Crippen LogP contribution in [0, 0.1) is 13.8 Å². The molecule has 0 bridgehead atoms. The molecular formula is C23H18ClN3O2S. The maximum atomic E-state index is 12.5. The van der Waals surface area contributed by atoms with E-state index in [1.807, 2.05) is 50.2 Å². The third-order valence-corrected chi connectivity index (χ3v) is 5.05. The highest BCUT2D eigenvalue weighted by Gasteiger charge is 2.12. The van der Waals surface area contributed by atoms with Crippen molar-refractivity contribution in [3.63, 3.8) is 0 Å². The van der Waals surface area contributed by atoms with Gasteiger partial charge >= 0.3 is 0 Å². The second kappa shape index (κ2) is 8.26. The number of oxazole rings is 1. The fourth-order valence-electron chi connectivity index (χ4n) is 3.12. The third-order valence-electron chi connectivity index (χ3n) is 4.59. The van der Waals surface area contributed by atoms with Crippen LogP contribution in [-0.4, -0.2) is 16.0 Å². The highest BCUT2D eigenvalue weighted by molar-refractivity contribution is 7.80. The van der Waals surface area contributed by atoms with Gasteiger partial charge in [0.1, 0.15) is 5.52 Å². The number of carbonyl (C=O) groups excluding carboxylic acids is 1. The van der Waals surface area contributed by atoms with Crippen LogP contribution in [0.4, 0.5) is 5.69 Å². The molecule has 30 heavy (non-hydrogen) atoms. The summed E-state index contributed by atoms with van der Waals surface area (Å²) in [7, 11) is 0. The molecule has 0 saturated carbocycles. The number of aromatic nitrogens is 1. The number of anilines is 1. The van der Waals surface area contributed by atoms with Crippen LogP contribution in [0.5, 0.6) is 0 Å². The van der Waals surface area contributed by atoms with Gasteiger partial charge < -0.3 is 9.73 Å². The highest BCUT2D eigenvalue weighted by atomic mass is 35.5. The van der Waals surface area contributed by atoms with Gasteiger partial charge in [0.25, 0.3) is 5.91 Å². The van der Waals surface area contributed by atoms with E-state index in [4.69, 9.17) is 28.2 Å². The zero-order chi connectivity index (χ0) is 21.3. The topological polar surface area (TPSA) is 67.2 Å². The first kappa shape index (κ1) is 20.1.